The third-order valence-electron chi connectivity index (χ3n) is 4.43. The van der Waals surface area contributed by atoms with Crippen LogP contribution in [0.25, 0.3) is 5.69 Å². The van der Waals surface area contributed by atoms with Gasteiger partial charge >= 0.3 is 12.0 Å². The first kappa shape index (κ1) is 21.5. The maximum Gasteiger partial charge on any atom is 0.328 e. The molecule has 1 aromatic carbocycles. The van der Waals surface area contributed by atoms with Crippen molar-refractivity contribution in [2.24, 2.45) is 0 Å². The molecule has 11 heteroatoms. The van der Waals surface area contributed by atoms with Crippen molar-refractivity contribution in [1.29, 1.82) is 0 Å². The Morgan fingerprint density at radius 2 is 1.84 bits per heavy atom. The zero-order valence-electron chi connectivity index (χ0n) is 17.3. The third-order valence-corrected chi connectivity index (χ3v) is 4.72. The first-order valence-electron chi connectivity index (χ1n) is 9.48. The van der Waals surface area contributed by atoms with Crippen molar-refractivity contribution in [2.45, 2.75) is 13.0 Å². The van der Waals surface area contributed by atoms with Gasteiger partial charge in [-0.15, -0.1) is 4.98 Å². The molecule has 0 atom stereocenters. The highest BCUT2D eigenvalue weighted by atomic mass is 35.5. The molecule has 0 spiro atoms. The normalized spacial score (nSPS) is 10.8. The molecular weight excluding hydrogens is 436 g/mol. The van der Waals surface area contributed by atoms with Gasteiger partial charge in [0, 0.05) is 18.8 Å². The molecule has 1 N–H and O–H groups in total. The Hall–Kier alpha value is -3.76. The smallest absolute Gasteiger partial charge is 0.328 e. The number of pyridine rings is 1. The minimum Gasteiger partial charge on any atom is -0.495 e. The fourth-order valence-corrected chi connectivity index (χ4v) is 3.10. The summed E-state index contributed by atoms with van der Waals surface area (Å²) in [5.41, 5.74) is 2.24. The van der Waals surface area contributed by atoms with Gasteiger partial charge in [0.1, 0.15) is 11.6 Å². The highest BCUT2D eigenvalue weighted by Gasteiger charge is 2.14. The summed E-state index contributed by atoms with van der Waals surface area (Å²) in [4.78, 5) is 20.9. The average Bonchev–Trinajstić information content (AvgIpc) is 3.29. The number of rotatable bonds is 8. The fraction of sp³-hybridized carbons (Fsp3) is 0.190. The van der Waals surface area contributed by atoms with Crippen molar-refractivity contribution in [3.63, 3.8) is 0 Å². The van der Waals surface area contributed by atoms with Crippen LogP contribution >= 0.6 is 11.6 Å². The maximum atomic E-state index is 9.25. The lowest BCUT2D eigenvalue weighted by Crippen LogP contribution is -2.05. The van der Waals surface area contributed by atoms with Crippen LogP contribution < -0.4 is 14.2 Å². The fourth-order valence-electron chi connectivity index (χ4n) is 2.94. The highest BCUT2D eigenvalue weighted by Crippen LogP contribution is 2.28. The molecule has 0 unspecified atom stereocenters. The van der Waals surface area contributed by atoms with E-state index in [4.69, 9.17) is 25.8 Å². The van der Waals surface area contributed by atoms with E-state index < -0.39 is 0 Å². The van der Waals surface area contributed by atoms with Crippen LogP contribution in [0.4, 0.5) is 0 Å². The number of aliphatic hydroxyl groups is 1. The van der Waals surface area contributed by atoms with Gasteiger partial charge in [-0.1, -0.05) is 17.7 Å². The molecule has 10 nitrogen and oxygen atoms in total. The zero-order valence-corrected chi connectivity index (χ0v) is 18.0. The van der Waals surface area contributed by atoms with Crippen molar-refractivity contribution in [3.05, 3.63) is 71.3 Å². The summed E-state index contributed by atoms with van der Waals surface area (Å²) in [5, 5.41) is 9.44. The summed E-state index contributed by atoms with van der Waals surface area (Å²) < 4.78 is 18.2. The third kappa shape index (κ3) is 4.76. The monoisotopic (exact) mass is 454 g/mol. The summed E-state index contributed by atoms with van der Waals surface area (Å²) in [6.45, 7) is -0.136. The predicted molar refractivity (Wildman–Crippen MR) is 115 cm³/mol. The summed E-state index contributed by atoms with van der Waals surface area (Å²) in [5.74, 6) is 1.39. The van der Waals surface area contributed by atoms with Gasteiger partial charge in [-0.25, -0.2) is 9.97 Å². The maximum absolute atomic E-state index is 9.25. The van der Waals surface area contributed by atoms with E-state index in [0.29, 0.717) is 29.4 Å². The largest absolute Gasteiger partial charge is 0.495 e. The standard InChI is InChI=1S/C21H19ClN6O4/c1-30-17-8-13(5-6-15(17)28-10-14(11-29)24-12-28)9-18-25-20(31-2)27-21(26-18)32-16-4-3-7-23-19(16)22/h3-8,10,12,29H,9,11H2,1-2H3. The molecule has 4 aromatic rings. The second-order valence-electron chi connectivity index (χ2n) is 6.53. The zero-order chi connectivity index (χ0) is 22.5. The lowest BCUT2D eigenvalue weighted by molar-refractivity contribution is 0.277. The molecule has 3 aromatic heterocycles. The number of imidazole rings is 1. The Morgan fingerprint density at radius 3 is 2.56 bits per heavy atom. The minimum absolute atomic E-state index is 0.0419. The molecular formula is C21H19ClN6O4. The molecule has 32 heavy (non-hydrogen) atoms. The predicted octanol–water partition coefficient (Wildman–Crippen LogP) is 3.00. The molecule has 0 fully saturated rings. The molecule has 0 aliphatic rings. The Labute approximate surface area is 188 Å². The number of nitrogens with zero attached hydrogens (tertiary/aromatic N) is 6. The van der Waals surface area contributed by atoms with E-state index >= 15 is 0 Å². The van der Waals surface area contributed by atoms with E-state index in [1.165, 1.54) is 7.11 Å². The number of hydrogen-bond acceptors (Lipinski definition) is 9. The lowest BCUT2D eigenvalue weighted by Gasteiger charge is -2.12. The number of halogens is 1. The summed E-state index contributed by atoms with van der Waals surface area (Å²) in [6.07, 6.45) is 5.28. The molecule has 3 heterocycles. The molecule has 0 aliphatic carbocycles. The van der Waals surface area contributed by atoms with Gasteiger partial charge in [-0.2, -0.15) is 9.97 Å². The van der Waals surface area contributed by atoms with Gasteiger partial charge in [0.2, 0.25) is 0 Å². The van der Waals surface area contributed by atoms with E-state index in [0.717, 1.165) is 11.3 Å². The quantitative estimate of drug-likeness (QED) is 0.401. The van der Waals surface area contributed by atoms with E-state index in [1.807, 2.05) is 18.2 Å². The molecule has 4 rings (SSSR count). The number of hydrogen-bond donors (Lipinski definition) is 1. The summed E-state index contributed by atoms with van der Waals surface area (Å²) in [6, 6.07) is 9.20. The Balaban J connectivity index is 1.61. The van der Waals surface area contributed by atoms with Crippen molar-refractivity contribution >= 4 is 11.6 Å². The average molecular weight is 455 g/mol. The lowest BCUT2D eigenvalue weighted by atomic mass is 10.1. The number of methoxy groups -OCH3 is 2. The van der Waals surface area contributed by atoms with Crippen LogP contribution in [0.2, 0.25) is 5.15 Å². The number of ether oxygens (including phenoxy) is 3. The highest BCUT2D eigenvalue weighted by molar-refractivity contribution is 6.30. The van der Waals surface area contributed by atoms with Crippen molar-refractivity contribution < 1.29 is 19.3 Å². The van der Waals surface area contributed by atoms with Gasteiger partial charge in [0.25, 0.3) is 0 Å². The van der Waals surface area contributed by atoms with E-state index in [-0.39, 0.29) is 23.8 Å². The minimum atomic E-state index is -0.136. The molecule has 0 aliphatic heterocycles. The van der Waals surface area contributed by atoms with E-state index in [9.17, 15) is 5.11 Å². The van der Waals surface area contributed by atoms with E-state index in [1.54, 1.807) is 42.5 Å². The van der Waals surface area contributed by atoms with Crippen LogP contribution in [0, 0.1) is 0 Å². The van der Waals surface area contributed by atoms with Crippen molar-refractivity contribution in [3.8, 4) is 29.2 Å². The number of aliphatic hydroxyl groups excluding tert-OH is 1. The summed E-state index contributed by atoms with van der Waals surface area (Å²) in [7, 11) is 3.05. The van der Waals surface area contributed by atoms with Gasteiger partial charge in [-0.05, 0) is 29.8 Å². The second-order valence-corrected chi connectivity index (χ2v) is 6.89. The second kappa shape index (κ2) is 9.58. The number of aromatic nitrogens is 6. The molecule has 164 valence electrons. The van der Waals surface area contributed by atoms with Crippen molar-refractivity contribution in [1.82, 2.24) is 29.5 Å². The first-order valence-corrected chi connectivity index (χ1v) is 9.85. The molecule has 0 radical (unpaired) electrons. The van der Waals surface area contributed by atoms with E-state index in [2.05, 4.69) is 24.9 Å². The van der Waals surface area contributed by atoms with Gasteiger partial charge in [0.15, 0.2) is 10.9 Å². The molecule has 0 bridgehead atoms. The molecule has 0 amide bonds. The van der Waals surface area contributed by atoms with Crippen LogP contribution in [0.1, 0.15) is 17.1 Å². The number of benzene rings is 1. The van der Waals surface area contributed by atoms with Crippen LogP contribution in [0.15, 0.2) is 49.1 Å². The summed E-state index contributed by atoms with van der Waals surface area (Å²) >= 11 is 6.05. The van der Waals surface area contributed by atoms with Crippen molar-refractivity contribution in [2.75, 3.05) is 14.2 Å². The van der Waals surface area contributed by atoms with Crippen LogP contribution in [-0.2, 0) is 13.0 Å². The van der Waals surface area contributed by atoms with Gasteiger partial charge < -0.3 is 23.9 Å². The first-order chi connectivity index (χ1) is 15.6. The van der Waals surface area contributed by atoms with Crippen LogP contribution in [-0.4, -0.2) is 48.8 Å². The van der Waals surface area contributed by atoms with Gasteiger partial charge in [-0.3, -0.25) is 0 Å². The Bertz CT molecular complexity index is 1230. The Morgan fingerprint density at radius 1 is 1.00 bits per heavy atom. The van der Waals surface area contributed by atoms with Crippen LogP contribution in [0.5, 0.6) is 23.5 Å². The Kier molecular flexibility index (Phi) is 6.43. The SMILES string of the molecule is COc1nc(Cc2ccc(-n3cnc(CO)c3)c(OC)c2)nc(Oc2cccnc2Cl)n1. The molecule has 0 saturated heterocycles. The molecule has 0 saturated carbocycles. The van der Waals surface area contributed by atoms with Gasteiger partial charge in [0.05, 0.1) is 38.5 Å². The topological polar surface area (TPSA) is 117 Å². The van der Waals surface area contributed by atoms with Crippen LogP contribution in [0.3, 0.4) is 0 Å².